The van der Waals surface area contributed by atoms with E-state index in [0.717, 1.165) is 11.1 Å². The van der Waals surface area contributed by atoms with Crippen LogP contribution in [0.3, 0.4) is 0 Å². The van der Waals surface area contributed by atoms with Crippen molar-refractivity contribution in [3.05, 3.63) is 42.0 Å². The van der Waals surface area contributed by atoms with Crippen LogP contribution in [0.4, 0.5) is 4.79 Å². The van der Waals surface area contributed by atoms with E-state index in [0.29, 0.717) is 32.4 Å². The van der Waals surface area contributed by atoms with E-state index in [9.17, 15) is 9.59 Å². The highest BCUT2D eigenvalue weighted by Gasteiger charge is 2.39. The largest absolute Gasteiger partial charge is 0.444 e. The van der Waals surface area contributed by atoms with Gasteiger partial charge in [-0.3, -0.25) is 4.79 Å². The van der Waals surface area contributed by atoms with Crippen molar-refractivity contribution in [1.29, 1.82) is 0 Å². The van der Waals surface area contributed by atoms with Gasteiger partial charge in [-0.15, -0.1) is 0 Å². The highest BCUT2D eigenvalue weighted by Crippen LogP contribution is 2.33. The van der Waals surface area contributed by atoms with Gasteiger partial charge >= 0.3 is 6.09 Å². The molecule has 0 aliphatic carbocycles. The van der Waals surface area contributed by atoms with Crippen molar-refractivity contribution in [2.45, 2.75) is 51.2 Å². The van der Waals surface area contributed by atoms with Gasteiger partial charge in [0.15, 0.2) is 0 Å². The molecule has 25 heavy (non-hydrogen) atoms. The summed E-state index contributed by atoms with van der Waals surface area (Å²) in [4.78, 5) is 26.2. The molecule has 0 atom stereocenters. The average Bonchev–Trinajstić information content (AvgIpc) is 2.54. The zero-order valence-electron chi connectivity index (χ0n) is 15.2. The highest BCUT2D eigenvalue weighted by atomic mass is 16.6. The van der Waals surface area contributed by atoms with Crippen molar-refractivity contribution in [1.82, 2.24) is 10.2 Å². The topological polar surface area (TPSA) is 58.6 Å². The Hall–Kier alpha value is -2.30. The predicted octanol–water partition coefficient (Wildman–Crippen LogP) is 3.36. The first kappa shape index (κ1) is 17.5. The van der Waals surface area contributed by atoms with E-state index in [2.05, 4.69) is 11.4 Å². The summed E-state index contributed by atoms with van der Waals surface area (Å²) in [5.41, 5.74) is 1.30. The van der Waals surface area contributed by atoms with Crippen LogP contribution in [-0.4, -0.2) is 41.1 Å². The molecule has 0 bridgehead atoms. The third-order valence-electron chi connectivity index (χ3n) is 4.64. The second kappa shape index (κ2) is 6.54. The molecular weight excluding hydrogens is 316 g/mol. The number of nitrogens with one attached hydrogen (secondary N) is 1. The third-order valence-corrected chi connectivity index (χ3v) is 4.64. The van der Waals surface area contributed by atoms with Gasteiger partial charge in [-0.05, 0) is 44.7 Å². The van der Waals surface area contributed by atoms with Crippen LogP contribution in [0.5, 0.6) is 0 Å². The lowest BCUT2D eigenvalue weighted by atomic mass is 9.81. The Balaban J connectivity index is 1.73. The molecule has 1 fully saturated rings. The van der Waals surface area contributed by atoms with Gasteiger partial charge in [0, 0.05) is 13.1 Å². The second-order valence-corrected chi connectivity index (χ2v) is 7.88. The number of rotatable bonds is 1. The van der Waals surface area contributed by atoms with Crippen LogP contribution in [0, 0.1) is 0 Å². The van der Waals surface area contributed by atoms with E-state index in [1.807, 2.05) is 51.1 Å². The maximum absolute atomic E-state index is 12.3. The van der Waals surface area contributed by atoms with E-state index in [1.165, 1.54) is 0 Å². The Morgan fingerprint density at radius 1 is 1.16 bits per heavy atom. The normalized spacial score (nSPS) is 20.0. The minimum absolute atomic E-state index is 0.0482. The summed E-state index contributed by atoms with van der Waals surface area (Å²) >= 11 is 0. The zero-order chi connectivity index (χ0) is 18.1. The summed E-state index contributed by atoms with van der Waals surface area (Å²) in [5, 5.41) is 3.15. The van der Waals surface area contributed by atoms with Gasteiger partial charge < -0.3 is 15.0 Å². The third kappa shape index (κ3) is 4.21. The molecule has 1 aromatic rings. The monoisotopic (exact) mass is 342 g/mol. The molecule has 134 valence electrons. The molecule has 2 heterocycles. The maximum atomic E-state index is 12.3. The summed E-state index contributed by atoms with van der Waals surface area (Å²) in [6.45, 7) is 6.76. The van der Waals surface area contributed by atoms with E-state index < -0.39 is 5.60 Å². The van der Waals surface area contributed by atoms with Crippen molar-refractivity contribution >= 4 is 17.6 Å². The lowest BCUT2D eigenvalue weighted by Crippen LogP contribution is -2.57. The molecule has 0 radical (unpaired) electrons. The van der Waals surface area contributed by atoms with E-state index in [4.69, 9.17) is 4.74 Å². The number of likely N-dealkylation sites (tertiary alicyclic amines) is 1. The summed E-state index contributed by atoms with van der Waals surface area (Å²) in [6.07, 6.45) is 3.72. The zero-order valence-corrected chi connectivity index (χ0v) is 15.2. The average molecular weight is 342 g/mol. The molecule has 0 unspecified atom stereocenters. The quantitative estimate of drug-likeness (QED) is 0.851. The van der Waals surface area contributed by atoms with Crippen molar-refractivity contribution in [2.75, 3.05) is 13.1 Å². The Kier molecular flexibility index (Phi) is 4.58. The Bertz CT molecular complexity index is 681. The van der Waals surface area contributed by atoms with Gasteiger partial charge in [-0.1, -0.05) is 36.4 Å². The molecule has 1 saturated heterocycles. The summed E-state index contributed by atoms with van der Waals surface area (Å²) < 4.78 is 5.45. The lowest BCUT2D eigenvalue weighted by molar-refractivity contribution is -0.122. The van der Waals surface area contributed by atoms with Crippen LogP contribution in [-0.2, 0) is 9.53 Å². The van der Waals surface area contributed by atoms with Gasteiger partial charge in [-0.2, -0.15) is 0 Å². The number of ether oxygens (including phenoxy) is 1. The van der Waals surface area contributed by atoms with Gasteiger partial charge in [0.25, 0.3) is 0 Å². The summed E-state index contributed by atoms with van der Waals surface area (Å²) in [5.74, 6) is 0.0482. The van der Waals surface area contributed by atoms with Crippen LogP contribution in [0.1, 0.15) is 45.6 Å². The van der Waals surface area contributed by atoms with Crippen LogP contribution in [0.15, 0.2) is 36.4 Å². The summed E-state index contributed by atoms with van der Waals surface area (Å²) in [6, 6.07) is 10.0. The summed E-state index contributed by atoms with van der Waals surface area (Å²) in [7, 11) is 0. The number of piperidine rings is 1. The molecule has 2 amide bonds. The van der Waals surface area contributed by atoms with Crippen LogP contribution < -0.4 is 5.32 Å². The van der Waals surface area contributed by atoms with E-state index >= 15 is 0 Å². The van der Waals surface area contributed by atoms with E-state index in [-0.39, 0.29) is 17.5 Å². The Labute approximate surface area is 149 Å². The number of amides is 2. The number of carbonyl (C=O) groups is 2. The first-order valence-corrected chi connectivity index (χ1v) is 8.82. The van der Waals surface area contributed by atoms with Crippen LogP contribution in [0.2, 0.25) is 0 Å². The minimum atomic E-state index is -0.494. The predicted molar refractivity (Wildman–Crippen MR) is 97.0 cm³/mol. The number of hydrogen-bond acceptors (Lipinski definition) is 3. The van der Waals surface area contributed by atoms with Crippen molar-refractivity contribution in [3.8, 4) is 0 Å². The molecule has 2 aliphatic rings. The molecule has 1 spiro atoms. The minimum Gasteiger partial charge on any atom is -0.444 e. The Morgan fingerprint density at radius 3 is 2.40 bits per heavy atom. The maximum Gasteiger partial charge on any atom is 0.410 e. The molecule has 5 nitrogen and oxygen atoms in total. The first-order chi connectivity index (χ1) is 11.8. The van der Waals surface area contributed by atoms with Gasteiger partial charge in [0.1, 0.15) is 5.60 Å². The van der Waals surface area contributed by atoms with Gasteiger partial charge in [0.2, 0.25) is 5.91 Å². The smallest absolute Gasteiger partial charge is 0.410 e. The molecule has 3 rings (SSSR count). The molecule has 0 saturated carbocycles. The SMILES string of the molecule is CC(C)(C)OC(=O)N1CCC2(C=C(c3ccccc3)CC(=O)N2)CC1. The van der Waals surface area contributed by atoms with Crippen LogP contribution >= 0.6 is 0 Å². The van der Waals surface area contributed by atoms with Crippen molar-refractivity contribution in [3.63, 3.8) is 0 Å². The van der Waals surface area contributed by atoms with Crippen molar-refractivity contribution in [2.24, 2.45) is 0 Å². The molecule has 5 heteroatoms. The lowest BCUT2D eigenvalue weighted by Gasteiger charge is -2.43. The number of benzene rings is 1. The number of carbonyl (C=O) groups excluding carboxylic acids is 2. The van der Waals surface area contributed by atoms with Gasteiger partial charge in [-0.25, -0.2) is 4.79 Å². The number of hydrogen-bond donors (Lipinski definition) is 1. The van der Waals surface area contributed by atoms with Crippen molar-refractivity contribution < 1.29 is 14.3 Å². The fraction of sp³-hybridized carbons (Fsp3) is 0.500. The van der Waals surface area contributed by atoms with E-state index in [1.54, 1.807) is 4.90 Å². The fourth-order valence-corrected chi connectivity index (χ4v) is 3.44. The standard InChI is InChI=1S/C20H26N2O3/c1-19(2,3)25-18(24)22-11-9-20(10-12-22)14-16(13-17(23)21-20)15-7-5-4-6-8-15/h4-8,14H,9-13H2,1-3H3,(H,21,23). The van der Waals surface area contributed by atoms with Gasteiger partial charge in [0.05, 0.1) is 12.0 Å². The fourth-order valence-electron chi connectivity index (χ4n) is 3.44. The Morgan fingerprint density at radius 2 is 1.80 bits per heavy atom. The molecule has 2 aliphatic heterocycles. The molecule has 1 aromatic carbocycles. The second-order valence-electron chi connectivity index (χ2n) is 7.88. The molecule has 0 aromatic heterocycles. The molecular formula is C20H26N2O3. The highest BCUT2D eigenvalue weighted by molar-refractivity contribution is 5.92. The van der Waals surface area contributed by atoms with Crippen LogP contribution in [0.25, 0.3) is 5.57 Å². The first-order valence-electron chi connectivity index (χ1n) is 8.82. The molecule has 1 N–H and O–H groups in total. The number of nitrogens with zero attached hydrogens (tertiary/aromatic N) is 1.